The zero-order chi connectivity index (χ0) is 28.9. The van der Waals surface area contributed by atoms with Crippen LogP contribution in [0.3, 0.4) is 0 Å². The van der Waals surface area contributed by atoms with Crippen LogP contribution in [-0.4, -0.2) is 55.0 Å². The quantitative estimate of drug-likeness (QED) is 0.191. The van der Waals surface area contributed by atoms with Crippen LogP contribution in [0.15, 0.2) is 64.3 Å². The number of aromatic nitrogens is 6. The second kappa shape index (κ2) is 13.4. The molecule has 220 valence electrons. The van der Waals surface area contributed by atoms with Gasteiger partial charge < -0.3 is 16.5 Å². The Morgan fingerprint density at radius 1 is 0.976 bits per heavy atom. The van der Waals surface area contributed by atoms with E-state index in [-0.39, 0.29) is 30.7 Å². The van der Waals surface area contributed by atoms with Crippen molar-refractivity contribution < 1.29 is 9.59 Å². The molecule has 2 amide bonds. The van der Waals surface area contributed by atoms with Crippen LogP contribution in [0.5, 0.6) is 0 Å². The normalized spacial score (nSPS) is 17.2. The first kappa shape index (κ1) is 30.3. The monoisotopic (exact) mass is 593 g/mol. The number of H-pyrrole nitrogens is 3. The van der Waals surface area contributed by atoms with Crippen LogP contribution in [0.25, 0.3) is 22.5 Å². The Labute approximate surface area is 246 Å². The lowest BCUT2D eigenvalue weighted by molar-refractivity contribution is -0.127. The number of carbonyl (C=O) groups is 2. The van der Waals surface area contributed by atoms with Gasteiger partial charge >= 0.3 is 5.69 Å². The molecule has 0 bridgehead atoms. The molecule has 0 aliphatic heterocycles. The van der Waals surface area contributed by atoms with Gasteiger partial charge in [-0.3, -0.25) is 24.3 Å². The summed E-state index contributed by atoms with van der Waals surface area (Å²) in [5.74, 6) is -0.263. The van der Waals surface area contributed by atoms with Gasteiger partial charge in [-0.25, -0.2) is 4.79 Å². The molecule has 4 aromatic rings. The van der Waals surface area contributed by atoms with Crippen LogP contribution in [0.1, 0.15) is 31.2 Å². The predicted molar refractivity (Wildman–Crippen MR) is 159 cm³/mol. The standard InChI is InChI=1S/C28H31N9O4.ClH/c29-14-17-3-7-20(8-4-17)27(40)37(21-11-9-19(10-12-21)25-33-35-36-34-25)23(24(30)38)13-16-1-5-18(6-2-16)22-15-31-28(41)32-26(22)39;/h1-2,5-6,9-12,15,17,20,23H,3-4,7-8,13-14,29H2,(H2,30,38)(H2,31,32,39,41)(H,33,34,35,36);1H/t17-,20-,23-;/m0./s1. The largest absolute Gasteiger partial charge is 0.368 e. The van der Waals surface area contributed by atoms with Crippen molar-refractivity contribution in [2.45, 2.75) is 38.1 Å². The lowest BCUT2D eigenvalue weighted by Gasteiger charge is -2.35. The number of amides is 2. The number of carbonyl (C=O) groups excluding carboxylic acids is 2. The molecular weight excluding hydrogens is 562 g/mol. The number of rotatable bonds is 9. The van der Waals surface area contributed by atoms with Crippen molar-refractivity contribution in [3.63, 3.8) is 0 Å². The van der Waals surface area contributed by atoms with Crippen LogP contribution >= 0.6 is 12.4 Å². The van der Waals surface area contributed by atoms with Crippen molar-refractivity contribution in [1.82, 2.24) is 30.6 Å². The van der Waals surface area contributed by atoms with Crippen molar-refractivity contribution in [1.29, 1.82) is 0 Å². The number of primary amides is 1. The zero-order valence-electron chi connectivity index (χ0n) is 22.7. The third kappa shape index (κ3) is 6.64. The molecule has 5 rings (SSSR count). The van der Waals surface area contributed by atoms with Gasteiger partial charge in [-0.2, -0.15) is 5.21 Å². The highest BCUT2D eigenvalue weighted by molar-refractivity contribution is 6.01. The first-order valence-corrected chi connectivity index (χ1v) is 13.4. The molecule has 1 aliphatic carbocycles. The van der Waals surface area contributed by atoms with Crippen molar-refractivity contribution >= 4 is 29.9 Å². The highest BCUT2D eigenvalue weighted by Crippen LogP contribution is 2.33. The summed E-state index contributed by atoms with van der Waals surface area (Å²) < 4.78 is 0. The van der Waals surface area contributed by atoms with Crippen LogP contribution in [0.4, 0.5) is 5.69 Å². The van der Waals surface area contributed by atoms with Gasteiger partial charge in [0.1, 0.15) is 6.04 Å². The van der Waals surface area contributed by atoms with Gasteiger partial charge in [0.25, 0.3) is 5.56 Å². The minimum Gasteiger partial charge on any atom is -0.368 e. The third-order valence-corrected chi connectivity index (χ3v) is 7.67. The number of aromatic amines is 3. The fraction of sp³-hybridized carbons (Fsp3) is 0.321. The fourth-order valence-corrected chi connectivity index (χ4v) is 5.34. The molecule has 7 N–H and O–H groups in total. The predicted octanol–water partition coefficient (Wildman–Crippen LogP) is 1.53. The summed E-state index contributed by atoms with van der Waals surface area (Å²) in [5, 5.41) is 14.0. The maximum absolute atomic E-state index is 14.0. The first-order chi connectivity index (χ1) is 19.8. The molecule has 0 unspecified atom stereocenters. The Morgan fingerprint density at radius 2 is 1.64 bits per heavy atom. The van der Waals surface area contributed by atoms with E-state index in [1.807, 2.05) is 0 Å². The molecule has 1 fully saturated rings. The van der Waals surface area contributed by atoms with Crippen molar-refractivity contribution in [3.05, 3.63) is 81.1 Å². The van der Waals surface area contributed by atoms with Gasteiger partial charge in [0.2, 0.25) is 17.6 Å². The average Bonchev–Trinajstić information content (AvgIpc) is 3.53. The molecular formula is C28H32ClN9O4. The summed E-state index contributed by atoms with van der Waals surface area (Å²) in [6.45, 7) is 0.590. The molecule has 1 atom stereocenters. The van der Waals surface area contributed by atoms with Crippen molar-refractivity contribution in [2.24, 2.45) is 23.3 Å². The van der Waals surface area contributed by atoms with Gasteiger partial charge in [0.15, 0.2) is 0 Å². The van der Waals surface area contributed by atoms with Crippen LogP contribution < -0.4 is 27.6 Å². The molecule has 13 nitrogen and oxygen atoms in total. The van der Waals surface area contributed by atoms with Crippen molar-refractivity contribution in [2.75, 3.05) is 11.4 Å². The number of nitrogens with zero attached hydrogens (tertiary/aromatic N) is 4. The second-order valence-corrected chi connectivity index (χ2v) is 10.2. The summed E-state index contributed by atoms with van der Waals surface area (Å²) in [5.41, 5.74) is 13.5. The zero-order valence-corrected chi connectivity index (χ0v) is 23.5. The number of anilines is 1. The smallest absolute Gasteiger partial charge is 0.325 e. The number of hydrogen-bond donors (Lipinski definition) is 5. The van der Waals surface area contributed by atoms with E-state index in [1.165, 1.54) is 11.1 Å². The molecule has 1 saturated carbocycles. The number of nitrogens with two attached hydrogens (primary N) is 2. The van der Waals surface area contributed by atoms with Crippen molar-refractivity contribution in [3.8, 4) is 22.5 Å². The van der Waals surface area contributed by atoms with Gasteiger partial charge in [-0.05, 0) is 78.8 Å². The van der Waals surface area contributed by atoms with Gasteiger partial charge in [-0.1, -0.05) is 24.3 Å². The SMILES string of the molecule is Cl.NC[C@H]1CC[C@H](C(=O)N(c2ccc(-c3nn[nH]n3)cc2)[C@@H](Cc2ccc(-c3c[nH]c(=O)[nH]c3=O)cc2)C(N)=O)CC1. The van der Waals surface area contributed by atoms with E-state index in [0.717, 1.165) is 18.4 Å². The molecule has 0 spiro atoms. The lowest BCUT2D eigenvalue weighted by Crippen LogP contribution is -2.52. The molecule has 1 aliphatic rings. The Hall–Kier alpha value is -4.62. The minimum absolute atomic E-state index is 0. The van der Waals surface area contributed by atoms with E-state index < -0.39 is 23.2 Å². The number of benzene rings is 2. The first-order valence-electron chi connectivity index (χ1n) is 13.4. The molecule has 0 saturated heterocycles. The Morgan fingerprint density at radius 3 is 2.21 bits per heavy atom. The lowest BCUT2D eigenvalue weighted by atomic mass is 9.81. The second-order valence-electron chi connectivity index (χ2n) is 10.2. The number of halogens is 1. The Kier molecular flexibility index (Phi) is 9.65. The molecule has 0 radical (unpaired) electrons. The molecule has 42 heavy (non-hydrogen) atoms. The fourth-order valence-electron chi connectivity index (χ4n) is 5.34. The summed E-state index contributed by atoms with van der Waals surface area (Å²) >= 11 is 0. The highest BCUT2D eigenvalue weighted by Gasteiger charge is 2.36. The molecule has 14 heteroatoms. The third-order valence-electron chi connectivity index (χ3n) is 7.67. The van der Waals surface area contributed by atoms with E-state index >= 15 is 0 Å². The topological polar surface area (TPSA) is 210 Å². The van der Waals surface area contributed by atoms with E-state index in [2.05, 4.69) is 30.6 Å². The molecule has 2 aromatic heterocycles. The minimum atomic E-state index is -0.965. The molecule has 2 aromatic carbocycles. The number of hydrogen-bond acceptors (Lipinski definition) is 8. The maximum Gasteiger partial charge on any atom is 0.325 e. The van der Waals surface area contributed by atoms with E-state index in [9.17, 15) is 19.2 Å². The van der Waals surface area contributed by atoms with Gasteiger partial charge in [-0.15, -0.1) is 22.6 Å². The van der Waals surface area contributed by atoms with Crippen LogP contribution in [0.2, 0.25) is 0 Å². The number of nitrogens with one attached hydrogen (secondary N) is 3. The van der Waals surface area contributed by atoms with Crippen LogP contribution in [-0.2, 0) is 16.0 Å². The summed E-state index contributed by atoms with van der Waals surface area (Å²) in [6, 6.07) is 13.0. The summed E-state index contributed by atoms with van der Waals surface area (Å²) in [4.78, 5) is 56.7. The van der Waals surface area contributed by atoms with Crippen LogP contribution in [0, 0.1) is 11.8 Å². The highest BCUT2D eigenvalue weighted by atomic mass is 35.5. The Balaban J connectivity index is 0.00000405. The Bertz CT molecular complexity index is 1610. The number of tetrazole rings is 1. The summed E-state index contributed by atoms with van der Waals surface area (Å²) in [7, 11) is 0. The molecule has 2 heterocycles. The van der Waals surface area contributed by atoms with E-state index in [4.69, 9.17) is 11.5 Å². The average molecular weight is 594 g/mol. The van der Waals surface area contributed by atoms with Gasteiger partial charge in [0.05, 0.1) is 5.56 Å². The van der Waals surface area contributed by atoms with E-state index in [0.29, 0.717) is 53.5 Å². The summed E-state index contributed by atoms with van der Waals surface area (Å²) in [6.07, 6.45) is 4.58. The van der Waals surface area contributed by atoms with Gasteiger partial charge in [0, 0.05) is 29.8 Å². The van der Waals surface area contributed by atoms with E-state index in [1.54, 1.807) is 48.5 Å². The maximum atomic E-state index is 14.0.